The third-order valence-electron chi connectivity index (χ3n) is 8.44. The van der Waals surface area contributed by atoms with Crippen LogP contribution in [-0.4, -0.2) is 64.9 Å². The van der Waals surface area contributed by atoms with Crippen LogP contribution in [0.15, 0.2) is 61.4 Å². The van der Waals surface area contributed by atoms with Crippen molar-refractivity contribution in [1.29, 1.82) is 0 Å². The lowest BCUT2D eigenvalue weighted by Crippen LogP contribution is -2.53. The fraction of sp³-hybridized carbons (Fsp3) is 0.406. The van der Waals surface area contributed by atoms with Crippen LogP contribution in [0.5, 0.6) is 11.5 Å². The summed E-state index contributed by atoms with van der Waals surface area (Å²) >= 11 is 0. The third-order valence-corrected chi connectivity index (χ3v) is 8.44. The summed E-state index contributed by atoms with van der Waals surface area (Å²) in [6.45, 7) is 10.3. The number of anilines is 2. The van der Waals surface area contributed by atoms with Crippen LogP contribution >= 0.6 is 0 Å². The Morgan fingerprint density at radius 1 is 0.977 bits per heavy atom. The molecule has 2 aliphatic rings. The van der Waals surface area contributed by atoms with Crippen molar-refractivity contribution in [3.05, 3.63) is 72.6 Å². The predicted octanol–water partition coefficient (Wildman–Crippen LogP) is 5.35. The van der Waals surface area contributed by atoms with Gasteiger partial charge in [0.25, 0.3) is 0 Å². The van der Waals surface area contributed by atoms with Gasteiger partial charge in [-0.15, -0.1) is 0 Å². The van der Waals surface area contributed by atoms with Gasteiger partial charge in [-0.2, -0.15) is 10.2 Å². The molecule has 4 aromatic heterocycles. The van der Waals surface area contributed by atoms with Crippen molar-refractivity contribution in [2.24, 2.45) is 11.8 Å². The Bertz CT molecular complexity index is 1810. The molecule has 12 nitrogen and oxygen atoms in total. The molecule has 1 aromatic carbocycles. The first kappa shape index (κ1) is 28.1. The Morgan fingerprint density at radius 2 is 1.73 bits per heavy atom. The van der Waals surface area contributed by atoms with Gasteiger partial charge in [0.1, 0.15) is 35.3 Å². The smallest absolute Gasteiger partial charge is 0.407 e. The number of nitrogens with one attached hydrogen (secondary N) is 2. The van der Waals surface area contributed by atoms with Gasteiger partial charge in [-0.3, -0.25) is 4.90 Å². The van der Waals surface area contributed by atoms with Crippen molar-refractivity contribution in [1.82, 2.24) is 39.4 Å². The highest BCUT2D eigenvalue weighted by molar-refractivity contribution is 5.77. The number of likely N-dealkylation sites (tertiary alicyclic amines) is 1. The van der Waals surface area contributed by atoms with E-state index in [9.17, 15) is 4.79 Å². The zero-order valence-corrected chi connectivity index (χ0v) is 25.4. The normalized spacial score (nSPS) is 20.2. The second kappa shape index (κ2) is 11.1. The summed E-state index contributed by atoms with van der Waals surface area (Å²) in [7, 11) is 0. The van der Waals surface area contributed by atoms with Gasteiger partial charge in [-0.25, -0.2) is 23.8 Å². The molecule has 1 aliphatic heterocycles. The number of hydrogen-bond donors (Lipinski definition) is 2. The number of ether oxygens (including phenoxy) is 2. The summed E-state index contributed by atoms with van der Waals surface area (Å²) in [5.74, 6) is 3.02. The number of benzene rings is 1. The first-order chi connectivity index (χ1) is 21.2. The van der Waals surface area contributed by atoms with Crippen molar-refractivity contribution < 1.29 is 14.3 Å². The molecule has 2 N–H and O–H groups in total. The van der Waals surface area contributed by atoms with Gasteiger partial charge < -0.3 is 20.1 Å². The van der Waals surface area contributed by atoms with Crippen molar-refractivity contribution in [3.63, 3.8) is 0 Å². The highest BCUT2D eigenvalue weighted by Gasteiger charge is 2.43. The summed E-state index contributed by atoms with van der Waals surface area (Å²) in [6.07, 6.45) is 8.80. The topological polar surface area (TPSA) is 123 Å². The van der Waals surface area contributed by atoms with Crippen LogP contribution in [0.25, 0.3) is 11.2 Å². The number of fused-ring (bicyclic) bond motifs is 4. The lowest BCUT2D eigenvalue weighted by molar-refractivity contribution is 0.0416. The maximum atomic E-state index is 12.5. The molecule has 1 amide bonds. The first-order valence-electron chi connectivity index (χ1n) is 15.1. The van der Waals surface area contributed by atoms with Gasteiger partial charge >= 0.3 is 6.09 Å². The second-order valence-electron chi connectivity index (χ2n) is 12.8. The molecule has 228 valence electrons. The number of aromatic nitrogens is 6. The van der Waals surface area contributed by atoms with Crippen molar-refractivity contribution in [2.45, 2.75) is 58.7 Å². The van der Waals surface area contributed by atoms with E-state index in [1.807, 2.05) is 74.9 Å². The van der Waals surface area contributed by atoms with Crippen molar-refractivity contribution in [2.75, 3.05) is 18.4 Å². The van der Waals surface area contributed by atoms with E-state index >= 15 is 0 Å². The number of alkyl carbamates (subject to hydrolysis) is 1. The van der Waals surface area contributed by atoms with Crippen LogP contribution in [0, 0.1) is 18.8 Å². The average molecular weight is 596 g/mol. The van der Waals surface area contributed by atoms with Crippen molar-refractivity contribution in [3.8, 4) is 11.5 Å². The molecule has 5 heterocycles. The lowest BCUT2D eigenvalue weighted by atomic mass is 9.92. The quantitative estimate of drug-likeness (QED) is 0.256. The fourth-order valence-electron chi connectivity index (χ4n) is 6.57. The molecular weight excluding hydrogens is 558 g/mol. The average Bonchev–Trinajstić information content (AvgIpc) is 3.65. The van der Waals surface area contributed by atoms with Gasteiger partial charge in [-0.05, 0) is 93.8 Å². The minimum Gasteiger partial charge on any atom is -0.457 e. The summed E-state index contributed by atoms with van der Waals surface area (Å²) in [5.41, 5.74) is 4.22. The number of amides is 1. The van der Waals surface area contributed by atoms with E-state index in [-0.39, 0.29) is 12.1 Å². The lowest BCUT2D eigenvalue weighted by Gasteiger charge is -2.38. The van der Waals surface area contributed by atoms with Gasteiger partial charge in [0.2, 0.25) is 0 Å². The molecule has 1 saturated heterocycles. The van der Waals surface area contributed by atoms with Crippen LogP contribution in [0.4, 0.5) is 16.3 Å². The zero-order chi connectivity index (χ0) is 30.4. The van der Waals surface area contributed by atoms with Crippen LogP contribution in [0.2, 0.25) is 0 Å². The minimum absolute atomic E-state index is 0.160. The van der Waals surface area contributed by atoms with E-state index in [1.54, 1.807) is 10.8 Å². The SMILES string of the molecule is Cc1cc(Nc2ncnn3ccc(CN4C[C@H]5CC[C@@H](C4)C5NC(=O)OC(C)(C)C)c23)ccc1Oc1ccn2ncnc2c1. The molecule has 1 saturated carbocycles. The standard InChI is InChI=1S/C32H37N9O3/c1-20-13-24(7-8-26(20)43-25-10-12-40-27(14-25)33-18-35-40)37-30-29-23(9-11-41(29)36-19-34-30)17-39-15-21-5-6-22(16-39)28(21)38-31(42)44-32(2,3)4/h7-14,18-19,21-22,28H,5-6,15-17H2,1-4H3,(H,38,42)(H,34,36,37)/t21-,22+,28?. The summed E-state index contributed by atoms with van der Waals surface area (Å²) in [4.78, 5) is 23.8. The second-order valence-corrected chi connectivity index (χ2v) is 12.8. The summed E-state index contributed by atoms with van der Waals surface area (Å²) in [6, 6.07) is 12.0. The highest BCUT2D eigenvalue weighted by atomic mass is 16.6. The Balaban J connectivity index is 1.04. The molecule has 0 radical (unpaired) electrons. The maximum absolute atomic E-state index is 12.5. The molecule has 1 unspecified atom stereocenters. The number of rotatable bonds is 7. The molecule has 12 heteroatoms. The monoisotopic (exact) mass is 595 g/mol. The predicted molar refractivity (Wildman–Crippen MR) is 165 cm³/mol. The van der Waals surface area contributed by atoms with Crippen molar-refractivity contribution >= 4 is 28.8 Å². The largest absolute Gasteiger partial charge is 0.457 e. The number of aryl methyl sites for hydroxylation is 1. The molecule has 44 heavy (non-hydrogen) atoms. The van der Waals surface area contributed by atoms with E-state index in [2.05, 4.69) is 41.8 Å². The summed E-state index contributed by atoms with van der Waals surface area (Å²) in [5, 5.41) is 15.3. The molecule has 2 bridgehead atoms. The molecule has 0 spiro atoms. The first-order valence-corrected chi connectivity index (χ1v) is 15.1. The number of nitrogens with zero attached hydrogens (tertiary/aromatic N) is 7. The Kier molecular flexibility index (Phi) is 7.08. The number of pyridine rings is 1. The van der Waals surface area contributed by atoms with Crippen LogP contribution < -0.4 is 15.4 Å². The van der Waals surface area contributed by atoms with Gasteiger partial charge in [-0.1, -0.05) is 0 Å². The minimum atomic E-state index is -0.503. The van der Waals surface area contributed by atoms with E-state index in [4.69, 9.17) is 9.47 Å². The Morgan fingerprint density at radius 3 is 2.50 bits per heavy atom. The molecule has 5 aromatic rings. The third kappa shape index (κ3) is 5.77. The van der Waals surface area contributed by atoms with Gasteiger partial charge in [0, 0.05) is 49.8 Å². The highest BCUT2D eigenvalue weighted by Crippen LogP contribution is 2.38. The zero-order valence-electron chi connectivity index (χ0n) is 25.4. The molecule has 7 rings (SSSR count). The van der Waals surface area contributed by atoms with E-state index in [1.165, 1.54) is 6.33 Å². The Hall–Kier alpha value is -4.71. The van der Waals surface area contributed by atoms with Crippen LogP contribution in [0.3, 0.4) is 0 Å². The van der Waals surface area contributed by atoms with Crippen LogP contribution in [-0.2, 0) is 11.3 Å². The summed E-state index contributed by atoms with van der Waals surface area (Å²) < 4.78 is 15.3. The number of carbonyl (C=O) groups excluding carboxylic acids is 1. The van der Waals surface area contributed by atoms with Crippen LogP contribution in [0.1, 0.15) is 44.7 Å². The van der Waals surface area contributed by atoms with E-state index < -0.39 is 5.60 Å². The number of piperidine rings is 1. The van der Waals surface area contributed by atoms with E-state index in [0.29, 0.717) is 17.6 Å². The fourth-order valence-corrected chi connectivity index (χ4v) is 6.57. The van der Waals surface area contributed by atoms with Gasteiger partial charge in [0.05, 0.1) is 0 Å². The Labute approximate surface area is 255 Å². The number of hydrogen-bond acceptors (Lipinski definition) is 9. The molecular formula is C32H37N9O3. The molecule has 1 aliphatic carbocycles. The number of carbonyl (C=O) groups is 1. The van der Waals surface area contributed by atoms with E-state index in [0.717, 1.165) is 72.0 Å². The maximum Gasteiger partial charge on any atom is 0.407 e. The van der Waals surface area contributed by atoms with Gasteiger partial charge in [0.15, 0.2) is 11.5 Å². The molecule has 2 fully saturated rings. The molecule has 3 atom stereocenters.